The molecule has 1 N–H and O–H groups in total. The molecule has 2 aliphatic heterocycles. The minimum absolute atomic E-state index is 0.0152. The van der Waals surface area contributed by atoms with Crippen LogP contribution in [0, 0.1) is 16.0 Å². The van der Waals surface area contributed by atoms with Crippen molar-refractivity contribution in [1.82, 2.24) is 9.21 Å². The number of piperidine rings is 1. The molecular formula is C21H34N4O5S. The molecule has 174 valence electrons. The van der Waals surface area contributed by atoms with Gasteiger partial charge in [-0.2, -0.15) is 4.31 Å². The van der Waals surface area contributed by atoms with E-state index < -0.39 is 14.9 Å². The van der Waals surface area contributed by atoms with Crippen LogP contribution in [-0.2, 0) is 14.8 Å². The minimum Gasteiger partial charge on any atom is -0.379 e. The Morgan fingerprint density at radius 2 is 1.81 bits per heavy atom. The number of nitrogens with one attached hydrogen (secondary N) is 1. The van der Waals surface area contributed by atoms with E-state index in [9.17, 15) is 18.5 Å². The van der Waals surface area contributed by atoms with E-state index in [-0.39, 0.29) is 16.6 Å². The van der Waals surface area contributed by atoms with E-state index in [1.54, 1.807) is 0 Å². The van der Waals surface area contributed by atoms with Gasteiger partial charge in [-0.3, -0.25) is 15.0 Å². The molecular weight excluding hydrogens is 420 g/mol. The molecule has 2 aliphatic rings. The normalized spacial score (nSPS) is 20.0. The third-order valence-corrected chi connectivity index (χ3v) is 7.85. The van der Waals surface area contributed by atoms with E-state index in [2.05, 4.69) is 24.1 Å². The van der Waals surface area contributed by atoms with Gasteiger partial charge in [-0.25, -0.2) is 8.42 Å². The highest BCUT2D eigenvalue weighted by Gasteiger charge is 2.29. The summed E-state index contributed by atoms with van der Waals surface area (Å²) in [5, 5.41) is 15.0. The van der Waals surface area contributed by atoms with E-state index in [4.69, 9.17) is 4.74 Å². The molecule has 0 amide bonds. The van der Waals surface area contributed by atoms with Gasteiger partial charge in [0.05, 0.1) is 23.0 Å². The fraction of sp³-hybridized carbons (Fsp3) is 0.714. The van der Waals surface area contributed by atoms with Gasteiger partial charge in [0.15, 0.2) is 0 Å². The van der Waals surface area contributed by atoms with Crippen LogP contribution in [0.5, 0.6) is 0 Å². The lowest BCUT2D eigenvalue weighted by atomic mass is 10.0. The molecule has 0 saturated carbocycles. The number of morpholine rings is 1. The second-order valence-corrected chi connectivity index (χ2v) is 10.7. The monoisotopic (exact) mass is 454 g/mol. The summed E-state index contributed by atoms with van der Waals surface area (Å²) in [5.74, 6) is 0.488. The number of hydrogen-bond donors (Lipinski definition) is 1. The number of anilines is 1. The molecule has 0 aliphatic carbocycles. The standard InChI is InChI=1S/C21H34N4O5S/c1-17(2)14-18(23-10-12-30-13-11-23)16-22-20-7-6-19(15-21(20)25(26)27)31(28,29)24-8-4-3-5-9-24/h6-7,15,17-18,22H,3-5,8-14,16H2,1-2H3. The molecule has 9 nitrogen and oxygen atoms in total. The molecule has 2 heterocycles. The molecule has 0 spiro atoms. The van der Waals surface area contributed by atoms with Gasteiger partial charge in [0.2, 0.25) is 10.0 Å². The molecule has 2 saturated heterocycles. The van der Waals surface area contributed by atoms with Crippen molar-refractivity contribution in [2.24, 2.45) is 5.92 Å². The van der Waals surface area contributed by atoms with E-state index in [1.165, 1.54) is 22.5 Å². The Hall–Kier alpha value is -1.75. The zero-order valence-corrected chi connectivity index (χ0v) is 19.3. The molecule has 3 rings (SSSR count). The average Bonchev–Trinajstić information content (AvgIpc) is 2.77. The highest BCUT2D eigenvalue weighted by atomic mass is 32.2. The largest absolute Gasteiger partial charge is 0.379 e. The number of benzene rings is 1. The first-order chi connectivity index (χ1) is 14.8. The Morgan fingerprint density at radius 1 is 1.13 bits per heavy atom. The summed E-state index contributed by atoms with van der Waals surface area (Å²) >= 11 is 0. The SMILES string of the molecule is CC(C)CC(CNc1ccc(S(=O)(=O)N2CCCCC2)cc1[N+](=O)[O-])N1CCOCC1. The second-order valence-electron chi connectivity index (χ2n) is 8.71. The Morgan fingerprint density at radius 3 is 2.42 bits per heavy atom. The molecule has 0 aromatic heterocycles. The van der Waals surface area contributed by atoms with Crippen molar-refractivity contribution in [2.45, 2.75) is 50.5 Å². The first-order valence-corrected chi connectivity index (χ1v) is 12.6. The van der Waals surface area contributed by atoms with E-state index in [1.807, 2.05) is 0 Å². The van der Waals surface area contributed by atoms with Gasteiger partial charge in [0.25, 0.3) is 5.69 Å². The highest BCUT2D eigenvalue weighted by Crippen LogP contribution is 2.30. The number of rotatable bonds is 9. The fourth-order valence-corrected chi connectivity index (χ4v) is 5.84. The zero-order valence-electron chi connectivity index (χ0n) is 18.5. The molecule has 1 atom stereocenters. The van der Waals surface area contributed by atoms with Gasteiger partial charge in [0.1, 0.15) is 5.69 Å². The van der Waals surface area contributed by atoms with Crippen LogP contribution in [0.2, 0.25) is 0 Å². The smallest absolute Gasteiger partial charge is 0.293 e. The first-order valence-electron chi connectivity index (χ1n) is 11.1. The number of nitro benzene ring substituents is 1. The van der Waals surface area contributed by atoms with Gasteiger partial charge >= 0.3 is 0 Å². The molecule has 1 aromatic rings. The Bertz CT molecular complexity index is 849. The predicted octanol–water partition coefficient (Wildman–Crippen LogP) is 2.93. The summed E-state index contributed by atoms with van der Waals surface area (Å²) in [6, 6.07) is 4.42. The molecule has 31 heavy (non-hydrogen) atoms. The first kappa shape index (κ1) is 23.9. The van der Waals surface area contributed by atoms with E-state index in [0.717, 1.165) is 38.8 Å². The molecule has 1 unspecified atom stereocenters. The maximum absolute atomic E-state index is 12.9. The van der Waals surface area contributed by atoms with Crippen LogP contribution in [0.3, 0.4) is 0 Å². The Balaban J connectivity index is 1.78. The maximum atomic E-state index is 12.9. The fourth-order valence-electron chi connectivity index (χ4n) is 4.30. The number of nitro groups is 1. The van der Waals surface area contributed by atoms with Gasteiger partial charge in [0, 0.05) is 44.8 Å². The lowest BCUT2D eigenvalue weighted by molar-refractivity contribution is -0.384. The van der Waals surface area contributed by atoms with Crippen molar-refractivity contribution in [1.29, 1.82) is 0 Å². The van der Waals surface area contributed by atoms with Crippen molar-refractivity contribution >= 4 is 21.4 Å². The van der Waals surface area contributed by atoms with Crippen LogP contribution < -0.4 is 5.32 Å². The van der Waals surface area contributed by atoms with Gasteiger partial charge in [-0.15, -0.1) is 0 Å². The minimum atomic E-state index is -3.72. The Kier molecular flexibility index (Phi) is 8.26. The van der Waals surface area contributed by atoms with Crippen LogP contribution in [-0.4, -0.2) is 74.5 Å². The van der Waals surface area contributed by atoms with Gasteiger partial charge < -0.3 is 10.1 Å². The summed E-state index contributed by atoms with van der Waals surface area (Å²) in [6.45, 7) is 8.88. The Labute approximate surface area is 184 Å². The van der Waals surface area contributed by atoms with E-state index >= 15 is 0 Å². The van der Waals surface area contributed by atoms with Crippen LogP contribution >= 0.6 is 0 Å². The second kappa shape index (κ2) is 10.7. The molecule has 0 bridgehead atoms. The number of hydrogen-bond acceptors (Lipinski definition) is 7. The summed E-state index contributed by atoms with van der Waals surface area (Å²) in [6.07, 6.45) is 3.61. The molecule has 2 fully saturated rings. The lowest BCUT2D eigenvalue weighted by Crippen LogP contribution is -2.47. The summed E-state index contributed by atoms with van der Waals surface area (Å²) < 4.78 is 32.7. The summed E-state index contributed by atoms with van der Waals surface area (Å²) in [7, 11) is -3.72. The molecule has 10 heteroatoms. The van der Waals surface area contributed by atoms with Crippen LogP contribution in [0.25, 0.3) is 0 Å². The van der Waals surface area contributed by atoms with Crippen LogP contribution in [0.1, 0.15) is 39.5 Å². The summed E-state index contributed by atoms with van der Waals surface area (Å²) in [5.41, 5.74) is 0.146. The van der Waals surface area contributed by atoms with Crippen molar-refractivity contribution in [3.63, 3.8) is 0 Å². The number of sulfonamides is 1. The van der Waals surface area contributed by atoms with Gasteiger partial charge in [-0.05, 0) is 37.3 Å². The summed E-state index contributed by atoms with van der Waals surface area (Å²) in [4.78, 5) is 13.6. The van der Waals surface area contributed by atoms with Crippen molar-refractivity contribution in [3.8, 4) is 0 Å². The van der Waals surface area contributed by atoms with Crippen molar-refractivity contribution in [3.05, 3.63) is 28.3 Å². The zero-order chi connectivity index (χ0) is 22.4. The lowest BCUT2D eigenvalue weighted by Gasteiger charge is -2.35. The molecule has 1 aromatic carbocycles. The average molecular weight is 455 g/mol. The number of ether oxygens (including phenoxy) is 1. The number of nitrogens with zero attached hydrogens (tertiary/aromatic N) is 3. The van der Waals surface area contributed by atoms with Crippen molar-refractivity contribution in [2.75, 3.05) is 51.3 Å². The quantitative estimate of drug-likeness (QED) is 0.452. The third kappa shape index (κ3) is 6.15. The maximum Gasteiger partial charge on any atom is 0.293 e. The van der Waals surface area contributed by atoms with Crippen LogP contribution in [0.4, 0.5) is 11.4 Å². The van der Waals surface area contributed by atoms with E-state index in [0.29, 0.717) is 44.5 Å². The topological polar surface area (TPSA) is 105 Å². The predicted molar refractivity (Wildman–Crippen MR) is 120 cm³/mol. The van der Waals surface area contributed by atoms with Crippen molar-refractivity contribution < 1.29 is 18.1 Å². The van der Waals surface area contributed by atoms with Crippen LogP contribution in [0.15, 0.2) is 23.1 Å². The highest BCUT2D eigenvalue weighted by molar-refractivity contribution is 7.89. The molecule has 0 radical (unpaired) electrons. The third-order valence-electron chi connectivity index (χ3n) is 5.95. The van der Waals surface area contributed by atoms with Gasteiger partial charge in [-0.1, -0.05) is 20.3 Å².